The zero-order valence-corrected chi connectivity index (χ0v) is 15.5. The number of pyridine rings is 1. The molecule has 0 aliphatic carbocycles. The van der Waals surface area contributed by atoms with E-state index in [1.165, 1.54) is 0 Å². The summed E-state index contributed by atoms with van der Waals surface area (Å²) in [5.41, 5.74) is 3.29. The van der Waals surface area contributed by atoms with Gasteiger partial charge in [0.1, 0.15) is 18.1 Å². The molecule has 0 aliphatic rings. The molecule has 0 atom stereocenters. The number of carbonyl (C=O) groups excluding carboxylic acids is 1. The van der Waals surface area contributed by atoms with Gasteiger partial charge in [-0.3, -0.25) is 4.79 Å². The Kier molecular flexibility index (Phi) is 5.71. The van der Waals surface area contributed by atoms with Crippen LogP contribution in [0.4, 0.5) is 5.69 Å². The number of hydrogen-bond donors (Lipinski definition) is 1. The molecule has 140 valence electrons. The lowest BCUT2D eigenvalue weighted by Crippen LogP contribution is -2.14. The third-order valence-electron chi connectivity index (χ3n) is 4.08. The molecule has 0 saturated heterocycles. The normalized spacial score (nSPS) is 10.5. The molecule has 1 amide bonds. The first-order chi connectivity index (χ1) is 13.0. The van der Waals surface area contributed by atoms with Crippen molar-refractivity contribution in [3.63, 3.8) is 0 Å². The number of hydrogen-bond acceptors (Lipinski definition) is 6. The largest absolute Gasteiger partial charge is 0.489 e. The molecule has 1 aromatic carbocycles. The minimum Gasteiger partial charge on any atom is -0.489 e. The van der Waals surface area contributed by atoms with Crippen LogP contribution in [0.2, 0.25) is 0 Å². The second-order valence-corrected chi connectivity index (χ2v) is 6.05. The predicted molar refractivity (Wildman–Crippen MR) is 99.9 cm³/mol. The van der Waals surface area contributed by atoms with E-state index in [0.717, 1.165) is 28.3 Å². The third-order valence-corrected chi connectivity index (χ3v) is 4.08. The Bertz CT molecular complexity index is 882. The highest BCUT2D eigenvalue weighted by Crippen LogP contribution is 2.18. The molecule has 7 nitrogen and oxygen atoms in total. The molecule has 2 aromatic heterocycles. The molecule has 0 spiro atoms. The van der Waals surface area contributed by atoms with Crippen molar-refractivity contribution in [3.05, 3.63) is 65.2 Å². The number of benzene rings is 1. The molecule has 0 fully saturated rings. The van der Waals surface area contributed by atoms with E-state index < -0.39 is 0 Å². The van der Waals surface area contributed by atoms with Gasteiger partial charge in [0.25, 0.3) is 0 Å². The van der Waals surface area contributed by atoms with Gasteiger partial charge in [0.05, 0.1) is 36.7 Å². The Balaban J connectivity index is 1.52. The summed E-state index contributed by atoms with van der Waals surface area (Å²) in [4.78, 5) is 16.2. The predicted octanol–water partition coefficient (Wildman–Crippen LogP) is 3.46. The maximum Gasteiger partial charge on any atom is 0.228 e. The molecule has 0 saturated carbocycles. The number of methoxy groups -OCH3 is 1. The lowest BCUT2D eigenvalue weighted by Gasteiger charge is -2.08. The van der Waals surface area contributed by atoms with Crippen LogP contribution in [0.3, 0.4) is 0 Å². The van der Waals surface area contributed by atoms with Gasteiger partial charge in [0, 0.05) is 6.07 Å². The quantitative estimate of drug-likeness (QED) is 0.688. The summed E-state index contributed by atoms with van der Waals surface area (Å²) in [6.07, 6.45) is 1.82. The first-order valence-corrected chi connectivity index (χ1v) is 8.48. The number of ether oxygens (including phenoxy) is 2. The number of amides is 1. The van der Waals surface area contributed by atoms with Crippen molar-refractivity contribution in [2.45, 2.75) is 26.9 Å². The molecule has 0 aliphatic heterocycles. The summed E-state index contributed by atoms with van der Waals surface area (Å²) in [6, 6.07) is 10.9. The Morgan fingerprint density at radius 1 is 1.15 bits per heavy atom. The molecule has 7 heteroatoms. The van der Waals surface area contributed by atoms with Gasteiger partial charge in [0.15, 0.2) is 0 Å². The molecule has 0 bridgehead atoms. The topological polar surface area (TPSA) is 86.5 Å². The Morgan fingerprint density at radius 3 is 2.52 bits per heavy atom. The zero-order chi connectivity index (χ0) is 19.2. The van der Waals surface area contributed by atoms with Crippen molar-refractivity contribution >= 4 is 11.6 Å². The zero-order valence-electron chi connectivity index (χ0n) is 15.5. The maximum atomic E-state index is 12.2. The highest BCUT2D eigenvalue weighted by Gasteiger charge is 2.10. The number of aryl methyl sites for hydroxylation is 2. The first-order valence-electron chi connectivity index (χ1n) is 8.48. The fourth-order valence-corrected chi connectivity index (χ4v) is 2.53. The average Bonchev–Trinajstić information content (AvgIpc) is 2.99. The van der Waals surface area contributed by atoms with Crippen LogP contribution >= 0.6 is 0 Å². The summed E-state index contributed by atoms with van der Waals surface area (Å²) in [6.45, 7) is 4.14. The van der Waals surface area contributed by atoms with E-state index in [2.05, 4.69) is 15.5 Å². The number of aromatic nitrogens is 2. The van der Waals surface area contributed by atoms with Gasteiger partial charge in [-0.1, -0.05) is 17.3 Å². The van der Waals surface area contributed by atoms with Crippen LogP contribution in [0.15, 0.2) is 47.1 Å². The Labute approximate surface area is 157 Å². The number of carbonyl (C=O) groups is 1. The SMILES string of the molecule is COc1ccc(NC(=O)Cc2ccc(OCc3c(C)noc3C)cc2)cn1. The van der Waals surface area contributed by atoms with Gasteiger partial charge in [-0.05, 0) is 37.6 Å². The molecule has 3 rings (SSSR count). The van der Waals surface area contributed by atoms with Gasteiger partial charge in [-0.2, -0.15) is 0 Å². The molecule has 0 radical (unpaired) electrons. The Hall–Kier alpha value is -3.35. The highest BCUT2D eigenvalue weighted by atomic mass is 16.5. The van der Waals surface area contributed by atoms with Crippen molar-refractivity contribution in [2.24, 2.45) is 0 Å². The van der Waals surface area contributed by atoms with E-state index in [1.807, 2.05) is 38.1 Å². The number of rotatable bonds is 7. The smallest absolute Gasteiger partial charge is 0.228 e. The molecular formula is C20H21N3O4. The lowest BCUT2D eigenvalue weighted by molar-refractivity contribution is -0.115. The summed E-state index contributed by atoms with van der Waals surface area (Å²) in [5.74, 6) is 1.86. The fraction of sp³-hybridized carbons (Fsp3) is 0.250. The van der Waals surface area contributed by atoms with Crippen molar-refractivity contribution in [2.75, 3.05) is 12.4 Å². The monoisotopic (exact) mass is 367 g/mol. The van der Waals surface area contributed by atoms with Crippen molar-refractivity contribution in [1.82, 2.24) is 10.1 Å². The number of anilines is 1. The minimum atomic E-state index is -0.119. The van der Waals surface area contributed by atoms with E-state index in [0.29, 0.717) is 18.2 Å². The van der Waals surface area contributed by atoms with E-state index in [9.17, 15) is 4.79 Å². The summed E-state index contributed by atoms with van der Waals surface area (Å²) in [7, 11) is 1.54. The van der Waals surface area contributed by atoms with Crippen LogP contribution in [0.5, 0.6) is 11.6 Å². The van der Waals surface area contributed by atoms with Crippen LogP contribution in [-0.2, 0) is 17.8 Å². The minimum absolute atomic E-state index is 0.119. The molecule has 27 heavy (non-hydrogen) atoms. The van der Waals surface area contributed by atoms with Gasteiger partial charge < -0.3 is 19.3 Å². The van der Waals surface area contributed by atoms with Crippen LogP contribution in [0.25, 0.3) is 0 Å². The summed E-state index contributed by atoms with van der Waals surface area (Å²) >= 11 is 0. The maximum absolute atomic E-state index is 12.2. The number of nitrogens with zero attached hydrogens (tertiary/aromatic N) is 2. The van der Waals surface area contributed by atoms with Gasteiger partial charge in [-0.15, -0.1) is 0 Å². The number of nitrogens with one attached hydrogen (secondary N) is 1. The van der Waals surface area contributed by atoms with Crippen molar-refractivity contribution in [1.29, 1.82) is 0 Å². The Morgan fingerprint density at radius 2 is 1.93 bits per heavy atom. The first kappa shape index (κ1) is 18.4. The second kappa shape index (κ2) is 8.35. The fourth-order valence-electron chi connectivity index (χ4n) is 2.53. The second-order valence-electron chi connectivity index (χ2n) is 6.05. The van der Waals surface area contributed by atoms with Crippen LogP contribution in [0, 0.1) is 13.8 Å². The van der Waals surface area contributed by atoms with Crippen molar-refractivity contribution < 1.29 is 18.8 Å². The van der Waals surface area contributed by atoms with E-state index in [1.54, 1.807) is 25.4 Å². The van der Waals surface area contributed by atoms with Gasteiger partial charge in [-0.25, -0.2) is 4.98 Å². The van der Waals surface area contributed by atoms with E-state index >= 15 is 0 Å². The van der Waals surface area contributed by atoms with Crippen LogP contribution < -0.4 is 14.8 Å². The van der Waals surface area contributed by atoms with Crippen molar-refractivity contribution in [3.8, 4) is 11.6 Å². The molecular weight excluding hydrogens is 346 g/mol. The molecule has 1 N–H and O–H groups in total. The summed E-state index contributed by atoms with van der Waals surface area (Å²) < 4.78 is 15.9. The molecule has 2 heterocycles. The summed E-state index contributed by atoms with van der Waals surface area (Å²) in [5, 5.41) is 6.72. The van der Waals surface area contributed by atoms with E-state index in [4.69, 9.17) is 14.0 Å². The van der Waals surface area contributed by atoms with Crippen LogP contribution in [-0.4, -0.2) is 23.2 Å². The van der Waals surface area contributed by atoms with E-state index in [-0.39, 0.29) is 12.3 Å². The standard InChI is InChI=1S/C20H21N3O4/c1-13-18(14(2)27-23-13)12-26-17-7-4-15(5-8-17)10-19(24)22-16-6-9-20(25-3)21-11-16/h4-9,11H,10,12H2,1-3H3,(H,22,24). The molecule has 3 aromatic rings. The highest BCUT2D eigenvalue weighted by molar-refractivity contribution is 5.92. The molecule has 0 unspecified atom stereocenters. The average molecular weight is 367 g/mol. The van der Waals surface area contributed by atoms with Gasteiger partial charge >= 0.3 is 0 Å². The van der Waals surface area contributed by atoms with Gasteiger partial charge in [0.2, 0.25) is 11.8 Å². The van der Waals surface area contributed by atoms with Crippen LogP contribution in [0.1, 0.15) is 22.6 Å². The lowest BCUT2D eigenvalue weighted by atomic mass is 10.1. The third kappa shape index (κ3) is 4.84.